The van der Waals surface area contributed by atoms with Crippen molar-refractivity contribution in [2.45, 2.75) is 0 Å². The molecular formula is C11H7F3N2O2. The summed E-state index contributed by atoms with van der Waals surface area (Å²) >= 11 is 0. The lowest BCUT2D eigenvalue weighted by molar-refractivity contribution is 0.142. The zero-order valence-corrected chi connectivity index (χ0v) is 9.26. The Bertz CT molecular complexity index is 547. The Labute approximate surface area is 101 Å². The normalized spacial score (nSPS) is 9.67. The molecule has 0 heterocycles. The molecular weight excluding hydrogens is 249 g/mol. The molecule has 0 saturated heterocycles. The standard InChI is InChI=1S/C11H7F3N2O2/c1-17-2-3-18-11-7(5-16)8(12)6(4-15)9(13)10(11)14/h2-3H2,1H3. The third kappa shape index (κ3) is 2.36. The van der Waals surface area contributed by atoms with E-state index >= 15 is 0 Å². The number of nitrogens with zero attached hydrogens (tertiary/aromatic N) is 2. The Morgan fingerprint density at radius 1 is 0.944 bits per heavy atom. The average molecular weight is 256 g/mol. The molecule has 1 aromatic carbocycles. The highest BCUT2D eigenvalue weighted by Crippen LogP contribution is 2.30. The summed E-state index contributed by atoms with van der Waals surface area (Å²) in [6.45, 7) is -0.138. The van der Waals surface area contributed by atoms with Crippen LogP contribution in [-0.4, -0.2) is 20.3 Å². The van der Waals surface area contributed by atoms with E-state index in [0.29, 0.717) is 0 Å². The lowest BCUT2D eigenvalue weighted by atomic mass is 10.1. The van der Waals surface area contributed by atoms with Crippen molar-refractivity contribution in [2.24, 2.45) is 0 Å². The molecule has 1 aromatic rings. The Morgan fingerprint density at radius 2 is 1.56 bits per heavy atom. The number of hydrogen-bond donors (Lipinski definition) is 0. The zero-order chi connectivity index (χ0) is 13.7. The molecule has 18 heavy (non-hydrogen) atoms. The van der Waals surface area contributed by atoms with E-state index in [-0.39, 0.29) is 13.2 Å². The maximum absolute atomic E-state index is 13.5. The van der Waals surface area contributed by atoms with Gasteiger partial charge >= 0.3 is 0 Å². The average Bonchev–Trinajstić information content (AvgIpc) is 2.36. The highest BCUT2D eigenvalue weighted by molar-refractivity contribution is 5.51. The third-order valence-electron chi connectivity index (χ3n) is 2.04. The molecule has 0 unspecified atom stereocenters. The summed E-state index contributed by atoms with van der Waals surface area (Å²) in [6.07, 6.45) is 0. The van der Waals surface area contributed by atoms with Crippen LogP contribution >= 0.6 is 0 Å². The Hall–Kier alpha value is -2.25. The first-order valence-corrected chi connectivity index (χ1v) is 4.70. The molecule has 0 fully saturated rings. The zero-order valence-electron chi connectivity index (χ0n) is 9.26. The summed E-state index contributed by atoms with van der Waals surface area (Å²) in [5.74, 6) is -5.54. The van der Waals surface area contributed by atoms with Gasteiger partial charge in [0.15, 0.2) is 17.4 Å². The predicted molar refractivity (Wildman–Crippen MR) is 53.1 cm³/mol. The van der Waals surface area contributed by atoms with Gasteiger partial charge in [-0.1, -0.05) is 0 Å². The van der Waals surface area contributed by atoms with E-state index in [9.17, 15) is 13.2 Å². The van der Waals surface area contributed by atoms with Crippen molar-refractivity contribution in [1.82, 2.24) is 0 Å². The van der Waals surface area contributed by atoms with Crippen molar-refractivity contribution in [3.63, 3.8) is 0 Å². The quantitative estimate of drug-likeness (QED) is 0.609. The van der Waals surface area contributed by atoms with Crippen molar-refractivity contribution in [3.05, 3.63) is 28.6 Å². The van der Waals surface area contributed by atoms with Gasteiger partial charge in [-0.25, -0.2) is 8.78 Å². The number of hydrogen-bond acceptors (Lipinski definition) is 4. The van der Waals surface area contributed by atoms with Crippen molar-refractivity contribution in [3.8, 4) is 17.9 Å². The molecule has 0 aliphatic carbocycles. The molecule has 0 saturated carbocycles. The molecule has 0 N–H and O–H groups in total. The molecule has 0 atom stereocenters. The fourth-order valence-electron chi connectivity index (χ4n) is 1.20. The fourth-order valence-corrected chi connectivity index (χ4v) is 1.20. The van der Waals surface area contributed by atoms with E-state index in [1.807, 2.05) is 0 Å². The molecule has 0 bridgehead atoms. The summed E-state index contributed by atoms with van der Waals surface area (Å²) in [5.41, 5.74) is -2.00. The smallest absolute Gasteiger partial charge is 0.203 e. The van der Waals surface area contributed by atoms with Crippen LogP contribution in [0, 0.1) is 40.1 Å². The van der Waals surface area contributed by atoms with Crippen LogP contribution in [0.25, 0.3) is 0 Å². The molecule has 0 radical (unpaired) electrons. The molecule has 0 aliphatic rings. The number of halogens is 3. The summed E-state index contributed by atoms with van der Waals surface area (Å²) in [6, 6.07) is 2.49. The molecule has 94 valence electrons. The first-order valence-electron chi connectivity index (χ1n) is 4.70. The predicted octanol–water partition coefficient (Wildman–Crippen LogP) is 1.87. The number of nitriles is 2. The summed E-state index contributed by atoms with van der Waals surface area (Å²) in [5, 5.41) is 17.2. The fraction of sp³-hybridized carbons (Fsp3) is 0.273. The van der Waals surface area contributed by atoms with Crippen LogP contribution in [0.15, 0.2) is 0 Å². The van der Waals surface area contributed by atoms with Crippen LogP contribution in [0.5, 0.6) is 5.75 Å². The van der Waals surface area contributed by atoms with E-state index in [1.165, 1.54) is 13.2 Å². The lowest BCUT2D eigenvalue weighted by Crippen LogP contribution is -2.10. The minimum atomic E-state index is -1.68. The first-order chi connectivity index (χ1) is 8.58. The molecule has 7 heteroatoms. The Morgan fingerprint density at radius 3 is 2.06 bits per heavy atom. The molecule has 0 aliphatic heterocycles. The second-order valence-corrected chi connectivity index (χ2v) is 3.09. The maximum Gasteiger partial charge on any atom is 0.203 e. The maximum atomic E-state index is 13.5. The minimum Gasteiger partial charge on any atom is -0.486 e. The summed E-state index contributed by atoms with van der Waals surface area (Å²) in [7, 11) is 1.35. The first kappa shape index (κ1) is 13.8. The van der Waals surface area contributed by atoms with E-state index in [1.54, 1.807) is 0 Å². The van der Waals surface area contributed by atoms with Gasteiger partial charge < -0.3 is 9.47 Å². The van der Waals surface area contributed by atoms with Crippen LogP contribution < -0.4 is 4.74 Å². The van der Waals surface area contributed by atoms with Gasteiger partial charge in [0.25, 0.3) is 0 Å². The Kier molecular flexibility index (Phi) is 4.52. The van der Waals surface area contributed by atoms with Gasteiger partial charge in [0.1, 0.15) is 29.9 Å². The SMILES string of the molecule is COCCOc1c(F)c(F)c(C#N)c(F)c1C#N. The largest absolute Gasteiger partial charge is 0.486 e. The number of rotatable bonds is 4. The van der Waals surface area contributed by atoms with E-state index in [0.717, 1.165) is 6.07 Å². The molecule has 0 spiro atoms. The lowest BCUT2D eigenvalue weighted by Gasteiger charge is -2.10. The molecule has 0 aromatic heterocycles. The van der Waals surface area contributed by atoms with E-state index < -0.39 is 34.3 Å². The van der Waals surface area contributed by atoms with Gasteiger partial charge in [-0.3, -0.25) is 0 Å². The number of benzene rings is 1. The van der Waals surface area contributed by atoms with Gasteiger partial charge in [0.2, 0.25) is 5.82 Å². The second-order valence-electron chi connectivity index (χ2n) is 3.09. The van der Waals surface area contributed by atoms with Crippen LogP contribution in [0.1, 0.15) is 11.1 Å². The van der Waals surface area contributed by atoms with Crippen LogP contribution in [0.2, 0.25) is 0 Å². The van der Waals surface area contributed by atoms with E-state index in [4.69, 9.17) is 15.3 Å². The van der Waals surface area contributed by atoms with Gasteiger partial charge in [0.05, 0.1) is 6.61 Å². The van der Waals surface area contributed by atoms with Gasteiger partial charge in [-0.15, -0.1) is 0 Å². The van der Waals surface area contributed by atoms with Crippen LogP contribution in [0.3, 0.4) is 0 Å². The van der Waals surface area contributed by atoms with Crippen molar-refractivity contribution >= 4 is 0 Å². The molecule has 1 rings (SSSR count). The topological polar surface area (TPSA) is 66.0 Å². The van der Waals surface area contributed by atoms with Crippen molar-refractivity contribution in [1.29, 1.82) is 10.5 Å². The molecule has 0 amide bonds. The van der Waals surface area contributed by atoms with E-state index in [2.05, 4.69) is 4.74 Å². The number of ether oxygens (including phenoxy) is 2. The van der Waals surface area contributed by atoms with Crippen LogP contribution in [-0.2, 0) is 4.74 Å². The van der Waals surface area contributed by atoms with Gasteiger partial charge in [-0.05, 0) is 0 Å². The van der Waals surface area contributed by atoms with Crippen LogP contribution in [0.4, 0.5) is 13.2 Å². The minimum absolute atomic E-state index is 0.0492. The van der Waals surface area contributed by atoms with Crippen molar-refractivity contribution in [2.75, 3.05) is 20.3 Å². The highest BCUT2D eigenvalue weighted by atomic mass is 19.2. The summed E-state index contributed by atoms with van der Waals surface area (Å²) in [4.78, 5) is 0. The number of methoxy groups -OCH3 is 1. The third-order valence-corrected chi connectivity index (χ3v) is 2.04. The monoisotopic (exact) mass is 256 g/mol. The van der Waals surface area contributed by atoms with Gasteiger partial charge in [-0.2, -0.15) is 14.9 Å². The molecule has 4 nitrogen and oxygen atoms in total. The van der Waals surface area contributed by atoms with Crippen molar-refractivity contribution < 1.29 is 22.6 Å². The summed E-state index contributed by atoms with van der Waals surface area (Å²) < 4.78 is 49.7. The Balaban J connectivity index is 3.34. The second kappa shape index (κ2) is 5.89. The highest BCUT2D eigenvalue weighted by Gasteiger charge is 2.26. The van der Waals surface area contributed by atoms with Gasteiger partial charge in [0, 0.05) is 7.11 Å².